The van der Waals surface area contributed by atoms with Crippen molar-refractivity contribution in [1.29, 1.82) is 0 Å². The smallest absolute Gasteiger partial charge is 0.322 e. The Hall–Kier alpha value is -3.05. The van der Waals surface area contributed by atoms with Gasteiger partial charge in [-0.3, -0.25) is 15.0 Å². The van der Waals surface area contributed by atoms with Crippen LogP contribution < -0.4 is 10.7 Å². The summed E-state index contributed by atoms with van der Waals surface area (Å²) in [5, 5.41) is 6.56. The monoisotopic (exact) mass is 459 g/mol. The van der Waals surface area contributed by atoms with Gasteiger partial charge in [-0.25, -0.2) is 19.2 Å². The van der Waals surface area contributed by atoms with Crippen LogP contribution in [0.1, 0.15) is 20.3 Å². The highest BCUT2D eigenvalue weighted by atomic mass is 32.2. The average Bonchev–Trinajstić information content (AvgIpc) is 3.28. The molecule has 4 rings (SSSR count). The highest BCUT2D eigenvalue weighted by molar-refractivity contribution is 8.00. The number of hydrazine groups is 1. The summed E-state index contributed by atoms with van der Waals surface area (Å²) in [6.45, 7) is 3.39. The minimum absolute atomic E-state index is 0.0648. The first-order valence-electron chi connectivity index (χ1n) is 9.39. The van der Waals surface area contributed by atoms with Crippen LogP contribution in [0.25, 0.3) is 21.3 Å². The molecule has 0 aliphatic carbocycles. The lowest BCUT2D eigenvalue weighted by Crippen LogP contribution is -2.49. The van der Waals surface area contributed by atoms with Gasteiger partial charge in [-0.1, -0.05) is 30.8 Å². The molecule has 2 aromatic heterocycles. The number of benzene rings is 1. The van der Waals surface area contributed by atoms with E-state index in [9.17, 15) is 18.8 Å². The number of thiophene rings is 1. The van der Waals surface area contributed by atoms with E-state index in [1.54, 1.807) is 26.0 Å². The first-order chi connectivity index (χ1) is 14.8. The number of carbonyl (C=O) groups excluding carboxylic acids is 3. The van der Waals surface area contributed by atoms with E-state index in [1.165, 1.54) is 41.6 Å². The number of aromatic nitrogens is 2. The summed E-state index contributed by atoms with van der Waals surface area (Å²) in [6.07, 6.45) is 1.82. The Balaban J connectivity index is 1.51. The molecule has 1 saturated heterocycles. The summed E-state index contributed by atoms with van der Waals surface area (Å²) in [4.78, 5) is 46.2. The van der Waals surface area contributed by atoms with Crippen LogP contribution in [0.15, 0.2) is 41.0 Å². The average molecular weight is 460 g/mol. The summed E-state index contributed by atoms with van der Waals surface area (Å²) in [7, 11) is 0. The van der Waals surface area contributed by atoms with Gasteiger partial charge < -0.3 is 5.32 Å². The molecule has 31 heavy (non-hydrogen) atoms. The second-order valence-electron chi connectivity index (χ2n) is 7.10. The van der Waals surface area contributed by atoms with E-state index in [0.29, 0.717) is 11.4 Å². The molecule has 0 radical (unpaired) electrons. The molecule has 4 amide bonds. The van der Waals surface area contributed by atoms with E-state index in [4.69, 9.17) is 0 Å². The Labute approximate surface area is 185 Å². The molecule has 11 heteroatoms. The second-order valence-corrected chi connectivity index (χ2v) is 8.92. The van der Waals surface area contributed by atoms with Gasteiger partial charge in [0.25, 0.3) is 5.91 Å². The normalized spacial score (nSPS) is 18.5. The lowest BCUT2D eigenvalue weighted by molar-refractivity contribution is -0.137. The van der Waals surface area contributed by atoms with E-state index in [-0.39, 0.29) is 11.6 Å². The SMILES string of the molecule is CCC1(C)NC(=O)N(NC(=O)CSc2ncnc3scc(-c4ccc(F)cc4)c23)C1=O. The minimum Gasteiger partial charge on any atom is -0.322 e. The van der Waals surface area contributed by atoms with Crippen molar-refractivity contribution < 1.29 is 18.8 Å². The molecule has 3 heterocycles. The van der Waals surface area contributed by atoms with Gasteiger partial charge in [0.2, 0.25) is 5.91 Å². The fraction of sp³-hybridized carbons (Fsp3) is 0.250. The van der Waals surface area contributed by atoms with Crippen molar-refractivity contribution in [3.05, 3.63) is 41.8 Å². The summed E-state index contributed by atoms with van der Waals surface area (Å²) in [6, 6.07) is 5.45. The number of carbonyl (C=O) groups is 3. The number of hydrogen-bond acceptors (Lipinski definition) is 7. The van der Waals surface area contributed by atoms with Crippen LogP contribution in [-0.2, 0) is 9.59 Å². The van der Waals surface area contributed by atoms with E-state index in [2.05, 4.69) is 20.7 Å². The molecule has 0 spiro atoms. The molecule has 3 aromatic rings. The fourth-order valence-corrected chi connectivity index (χ4v) is 4.90. The molecule has 1 aromatic carbocycles. The maximum Gasteiger partial charge on any atom is 0.344 e. The van der Waals surface area contributed by atoms with Gasteiger partial charge in [0, 0.05) is 10.9 Å². The highest BCUT2D eigenvalue weighted by Crippen LogP contribution is 2.37. The van der Waals surface area contributed by atoms with Gasteiger partial charge in [-0.15, -0.1) is 11.3 Å². The molecule has 1 unspecified atom stereocenters. The number of thioether (sulfide) groups is 1. The predicted molar refractivity (Wildman–Crippen MR) is 116 cm³/mol. The zero-order valence-electron chi connectivity index (χ0n) is 16.6. The maximum absolute atomic E-state index is 13.3. The molecular formula is C20H18FN5O3S2. The summed E-state index contributed by atoms with van der Waals surface area (Å²) in [5.41, 5.74) is 2.99. The number of fused-ring (bicyclic) bond motifs is 1. The zero-order chi connectivity index (χ0) is 22.2. The van der Waals surface area contributed by atoms with Gasteiger partial charge in [0.05, 0.1) is 11.1 Å². The van der Waals surface area contributed by atoms with Crippen LogP contribution in [0.3, 0.4) is 0 Å². The van der Waals surface area contributed by atoms with E-state index < -0.39 is 23.4 Å². The van der Waals surface area contributed by atoms with Gasteiger partial charge >= 0.3 is 6.03 Å². The number of nitrogens with zero attached hydrogens (tertiary/aromatic N) is 3. The molecule has 160 valence electrons. The van der Waals surface area contributed by atoms with Crippen molar-refractivity contribution in [2.75, 3.05) is 5.75 Å². The number of halogens is 1. The lowest BCUT2D eigenvalue weighted by atomic mass is 10.00. The molecule has 0 saturated carbocycles. The summed E-state index contributed by atoms with van der Waals surface area (Å²) >= 11 is 2.59. The Morgan fingerprint density at radius 1 is 1.29 bits per heavy atom. The number of hydrogen-bond donors (Lipinski definition) is 2. The quantitative estimate of drug-likeness (QED) is 0.333. The first-order valence-corrected chi connectivity index (χ1v) is 11.3. The minimum atomic E-state index is -1.03. The van der Waals surface area contributed by atoms with Crippen LogP contribution in [0.2, 0.25) is 0 Å². The van der Waals surface area contributed by atoms with Crippen LogP contribution in [0, 0.1) is 5.82 Å². The molecular weight excluding hydrogens is 441 g/mol. The standard InChI is InChI=1S/C20H18FN5O3S2/c1-3-20(2)18(28)26(19(29)24-20)25-14(27)9-31-17-15-13(8-30-16(15)22-10-23-17)11-4-6-12(21)7-5-11/h4-8,10H,3,9H2,1-2H3,(H,24,29)(H,25,27). The Morgan fingerprint density at radius 3 is 2.71 bits per heavy atom. The van der Waals surface area contributed by atoms with Gasteiger partial charge in [0.15, 0.2) is 0 Å². The molecule has 1 atom stereocenters. The van der Waals surface area contributed by atoms with Crippen LogP contribution in [-0.4, -0.2) is 44.1 Å². The van der Waals surface area contributed by atoms with Gasteiger partial charge in [-0.2, -0.15) is 5.01 Å². The van der Waals surface area contributed by atoms with Crippen molar-refractivity contribution in [1.82, 2.24) is 25.7 Å². The van der Waals surface area contributed by atoms with Crippen LogP contribution >= 0.6 is 23.1 Å². The number of nitrogens with one attached hydrogen (secondary N) is 2. The Kier molecular flexibility index (Phi) is 5.63. The third-order valence-corrected chi connectivity index (χ3v) is 6.91. The van der Waals surface area contributed by atoms with Gasteiger partial charge in [0.1, 0.15) is 27.5 Å². The van der Waals surface area contributed by atoms with Crippen molar-refractivity contribution in [3.63, 3.8) is 0 Å². The molecule has 1 fully saturated rings. The van der Waals surface area contributed by atoms with E-state index in [1.807, 2.05) is 5.38 Å². The number of imide groups is 1. The zero-order valence-corrected chi connectivity index (χ0v) is 18.3. The van der Waals surface area contributed by atoms with Crippen LogP contribution in [0.5, 0.6) is 0 Å². The molecule has 1 aliphatic rings. The Bertz CT molecular complexity index is 1180. The molecule has 1 aliphatic heterocycles. The highest BCUT2D eigenvalue weighted by Gasteiger charge is 2.47. The summed E-state index contributed by atoms with van der Waals surface area (Å²) < 4.78 is 13.3. The van der Waals surface area contributed by atoms with Crippen molar-refractivity contribution in [2.24, 2.45) is 0 Å². The largest absolute Gasteiger partial charge is 0.344 e. The third kappa shape index (κ3) is 3.98. The number of amides is 4. The van der Waals surface area contributed by atoms with Crippen LogP contribution in [0.4, 0.5) is 9.18 Å². The summed E-state index contributed by atoms with van der Waals surface area (Å²) in [5.74, 6) is -1.41. The van der Waals surface area contributed by atoms with Crippen molar-refractivity contribution in [3.8, 4) is 11.1 Å². The molecule has 2 N–H and O–H groups in total. The lowest BCUT2D eigenvalue weighted by Gasteiger charge is -2.19. The fourth-order valence-electron chi connectivity index (χ4n) is 3.12. The van der Waals surface area contributed by atoms with Crippen molar-refractivity contribution >= 4 is 51.2 Å². The molecule has 0 bridgehead atoms. The van der Waals surface area contributed by atoms with E-state index in [0.717, 1.165) is 26.4 Å². The number of urea groups is 1. The first kappa shape index (κ1) is 21.2. The van der Waals surface area contributed by atoms with Crippen molar-refractivity contribution in [2.45, 2.75) is 30.8 Å². The maximum atomic E-state index is 13.3. The van der Waals surface area contributed by atoms with E-state index >= 15 is 0 Å². The van der Waals surface area contributed by atoms with Gasteiger partial charge in [-0.05, 0) is 31.0 Å². The second kappa shape index (κ2) is 8.23. The third-order valence-electron chi connectivity index (χ3n) is 5.04. The predicted octanol–water partition coefficient (Wildman–Crippen LogP) is 3.34. The molecule has 8 nitrogen and oxygen atoms in total. The number of rotatable bonds is 6. The topological polar surface area (TPSA) is 104 Å². The Morgan fingerprint density at radius 2 is 2.03 bits per heavy atom.